The predicted octanol–water partition coefficient (Wildman–Crippen LogP) is 3.00. The van der Waals surface area contributed by atoms with Crippen LogP contribution >= 0.6 is 31.9 Å². The fourth-order valence-electron chi connectivity index (χ4n) is 1.53. The first-order valence-electron chi connectivity index (χ1n) is 6.32. The third kappa shape index (κ3) is 6.48. The number of hydrogen-bond acceptors (Lipinski definition) is 4. The quantitative estimate of drug-likeness (QED) is 0.634. The number of amides is 1. The summed E-state index contributed by atoms with van der Waals surface area (Å²) in [6.45, 7) is 0.438. The van der Waals surface area contributed by atoms with E-state index < -0.39 is 0 Å². The summed E-state index contributed by atoms with van der Waals surface area (Å²) in [4.78, 5) is 24.4. The fraction of sp³-hybridized carbons (Fsp3) is 0.429. The fourth-order valence-corrected chi connectivity index (χ4v) is 2.69. The van der Waals surface area contributed by atoms with E-state index in [1.807, 2.05) is 12.1 Å². The molecule has 0 atom stereocenters. The smallest absolute Gasteiger partial charge is 0.305 e. The minimum absolute atomic E-state index is 0.0467. The molecular formula is C14H17Br2NO4. The highest BCUT2D eigenvalue weighted by molar-refractivity contribution is 9.11. The van der Waals surface area contributed by atoms with Crippen LogP contribution in [0.3, 0.4) is 0 Å². The zero-order valence-electron chi connectivity index (χ0n) is 11.9. The van der Waals surface area contributed by atoms with Crippen LogP contribution in [0.4, 0.5) is 0 Å². The van der Waals surface area contributed by atoms with Gasteiger partial charge in [-0.05, 0) is 40.5 Å². The molecule has 0 N–H and O–H groups in total. The van der Waals surface area contributed by atoms with Crippen molar-refractivity contribution in [3.05, 3.63) is 27.1 Å². The Labute approximate surface area is 140 Å². The third-order valence-corrected chi connectivity index (χ3v) is 3.89. The summed E-state index contributed by atoms with van der Waals surface area (Å²) in [7, 11) is 3.03. The number of carbonyl (C=O) groups excluding carboxylic acids is 2. The van der Waals surface area contributed by atoms with Crippen molar-refractivity contribution in [2.45, 2.75) is 12.8 Å². The average molecular weight is 423 g/mol. The Bertz CT molecular complexity index is 508. The van der Waals surface area contributed by atoms with E-state index in [4.69, 9.17) is 4.74 Å². The van der Waals surface area contributed by atoms with Crippen LogP contribution < -0.4 is 4.74 Å². The van der Waals surface area contributed by atoms with Gasteiger partial charge in [-0.1, -0.05) is 15.9 Å². The van der Waals surface area contributed by atoms with Crippen LogP contribution in [0.5, 0.6) is 5.75 Å². The lowest BCUT2D eigenvalue weighted by molar-refractivity contribution is -0.141. The summed E-state index contributed by atoms with van der Waals surface area (Å²) in [5.74, 6) is 0.190. The van der Waals surface area contributed by atoms with Crippen LogP contribution in [-0.2, 0) is 14.3 Å². The molecule has 0 saturated heterocycles. The van der Waals surface area contributed by atoms with Crippen LogP contribution in [0, 0.1) is 0 Å². The number of carbonyl (C=O) groups is 2. The van der Waals surface area contributed by atoms with Crippen LogP contribution in [0.15, 0.2) is 27.1 Å². The van der Waals surface area contributed by atoms with E-state index in [0.29, 0.717) is 25.1 Å². The van der Waals surface area contributed by atoms with Crippen molar-refractivity contribution in [3.63, 3.8) is 0 Å². The molecule has 0 unspecified atom stereocenters. The van der Waals surface area contributed by atoms with Crippen LogP contribution in [0.2, 0.25) is 0 Å². The lowest BCUT2D eigenvalue weighted by Crippen LogP contribution is -2.32. The van der Waals surface area contributed by atoms with E-state index in [9.17, 15) is 9.59 Å². The van der Waals surface area contributed by atoms with Crippen molar-refractivity contribution in [3.8, 4) is 5.75 Å². The van der Waals surface area contributed by atoms with Gasteiger partial charge < -0.3 is 14.4 Å². The summed E-state index contributed by atoms with van der Waals surface area (Å²) < 4.78 is 11.7. The van der Waals surface area contributed by atoms with Gasteiger partial charge in [0.25, 0.3) is 5.91 Å². The van der Waals surface area contributed by atoms with Crippen molar-refractivity contribution in [1.82, 2.24) is 4.90 Å². The Balaban J connectivity index is 2.37. The molecule has 21 heavy (non-hydrogen) atoms. The largest absolute Gasteiger partial charge is 0.483 e. The number of rotatable bonds is 7. The van der Waals surface area contributed by atoms with Gasteiger partial charge in [0.2, 0.25) is 0 Å². The SMILES string of the molecule is COC(=O)CCCN(C)C(=O)COc1ccc(Br)cc1Br. The Hall–Kier alpha value is -1.08. The lowest BCUT2D eigenvalue weighted by atomic mass is 10.3. The van der Waals surface area contributed by atoms with Gasteiger partial charge in [0.15, 0.2) is 6.61 Å². The van der Waals surface area contributed by atoms with E-state index in [0.717, 1.165) is 8.95 Å². The Morgan fingerprint density at radius 3 is 2.62 bits per heavy atom. The highest BCUT2D eigenvalue weighted by Crippen LogP contribution is 2.28. The van der Waals surface area contributed by atoms with Gasteiger partial charge in [0.1, 0.15) is 5.75 Å². The molecule has 0 bridgehead atoms. The number of likely N-dealkylation sites (N-methyl/N-ethyl adjacent to an activating group) is 1. The highest BCUT2D eigenvalue weighted by atomic mass is 79.9. The standard InChI is InChI=1S/C14H17Br2NO4/c1-17(7-3-4-14(19)20-2)13(18)9-21-12-6-5-10(15)8-11(12)16/h5-6,8H,3-4,7,9H2,1-2H3. The summed E-state index contributed by atoms with van der Waals surface area (Å²) in [6.07, 6.45) is 0.865. The van der Waals surface area contributed by atoms with Crippen molar-refractivity contribution < 1.29 is 19.1 Å². The van der Waals surface area contributed by atoms with Gasteiger partial charge in [-0.15, -0.1) is 0 Å². The zero-order chi connectivity index (χ0) is 15.8. The van der Waals surface area contributed by atoms with Gasteiger partial charge in [0.05, 0.1) is 11.6 Å². The Kier molecular flexibility index (Phi) is 7.74. The number of benzene rings is 1. The number of methoxy groups -OCH3 is 1. The summed E-state index contributed by atoms with van der Waals surface area (Å²) >= 11 is 6.72. The second-order valence-electron chi connectivity index (χ2n) is 4.36. The number of hydrogen-bond donors (Lipinski definition) is 0. The molecule has 0 aliphatic carbocycles. The molecule has 0 radical (unpaired) electrons. The van der Waals surface area contributed by atoms with E-state index in [1.165, 1.54) is 12.0 Å². The predicted molar refractivity (Wildman–Crippen MR) is 86.2 cm³/mol. The number of esters is 1. The van der Waals surface area contributed by atoms with Crippen molar-refractivity contribution >= 4 is 43.7 Å². The van der Waals surface area contributed by atoms with Gasteiger partial charge >= 0.3 is 5.97 Å². The molecule has 0 spiro atoms. The molecule has 1 aromatic carbocycles. The van der Waals surface area contributed by atoms with E-state index in [-0.39, 0.29) is 18.5 Å². The first-order chi connectivity index (χ1) is 9.93. The first-order valence-corrected chi connectivity index (χ1v) is 7.91. The monoisotopic (exact) mass is 421 g/mol. The van der Waals surface area contributed by atoms with E-state index in [1.54, 1.807) is 13.1 Å². The molecule has 1 rings (SSSR count). The molecule has 116 valence electrons. The maximum Gasteiger partial charge on any atom is 0.305 e. The van der Waals surface area contributed by atoms with Gasteiger partial charge in [0, 0.05) is 24.5 Å². The third-order valence-electron chi connectivity index (χ3n) is 2.77. The maximum absolute atomic E-state index is 11.9. The van der Waals surface area contributed by atoms with Gasteiger partial charge in [-0.3, -0.25) is 9.59 Å². The zero-order valence-corrected chi connectivity index (χ0v) is 15.1. The van der Waals surface area contributed by atoms with Crippen LogP contribution in [0.1, 0.15) is 12.8 Å². The summed E-state index contributed by atoms with van der Waals surface area (Å²) in [6, 6.07) is 5.46. The van der Waals surface area contributed by atoms with Gasteiger partial charge in [-0.25, -0.2) is 0 Å². The molecule has 0 aliphatic heterocycles. The van der Waals surface area contributed by atoms with Gasteiger partial charge in [-0.2, -0.15) is 0 Å². The van der Waals surface area contributed by atoms with E-state index in [2.05, 4.69) is 36.6 Å². The topological polar surface area (TPSA) is 55.8 Å². The van der Waals surface area contributed by atoms with Crippen molar-refractivity contribution in [2.24, 2.45) is 0 Å². The van der Waals surface area contributed by atoms with Crippen molar-refractivity contribution in [2.75, 3.05) is 27.3 Å². The first kappa shape index (κ1) is 18.0. The molecule has 1 aromatic rings. The molecular weight excluding hydrogens is 406 g/mol. The molecule has 0 aliphatic rings. The highest BCUT2D eigenvalue weighted by Gasteiger charge is 2.11. The van der Waals surface area contributed by atoms with Crippen molar-refractivity contribution in [1.29, 1.82) is 0 Å². The Morgan fingerprint density at radius 1 is 1.29 bits per heavy atom. The second kappa shape index (κ2) is 9.04. The van der Waals surface area contributed by atoms with E-state index >= 15 is 0 Å². The Morgan fingerprint density at radius 2 is 2.00 bits per heavy atom. The minimum atomic E-state index is -0.272. The molecule has 0 saturated carbocycles. The lowest BCUT2D eigenvalue weighted by Gasteiger charge is -2.17. The summed E-state index contributed by atoms with van der Waals surface area (Å²) in [5, 5.41) is 0. The molecule has 0 fully saturated rings. The number of nitrogens with zero attached hydrogens (tertiary/aromatic N) is 1. The second-order valence-corrected chi connectivity index (χ2v) is 6.13. The molecule has 1 amide bonds. The van der Waals surface area contributed by atoms with Crippen LogP contribution in [0.25, 0.3) is 0 Å². The maximum atomic E-state index is 11.9. The molecule has 7 heteroatoms. The molecule has 5 nitrogen and oxygen atoms in total. The average Bonchev–Trinajstić information content (AvgIpc) is 2.45. The van der Waals surface area contributed by atoms with Crippen LogP contribution in [-0.4, -0.2) is 44.1 Å². The molecule has 0 heterocycles. The summed E-state index contributed by atoms with van der Waals surface area (Å²) in [5.41, 5.74) is 0. The number of ether oxygens (including phenoxy) is 2. The molecule has 0 aromatic heterocycles. The normalized spacial score (nSPS) is 10.1. The minimum Gasteiger partial charge on any atom is -0.483 e. The number of halogens is 2.